The van der Waals surface area contributed by atoms with E-state index >= 15 is 0 Å². The van der Waals surface area contributed by atoms with Crippen LogP contribution < -0.4 is 5.32 Å². The zero-order chi connectivity index (χ0) is 15.9. The predicted octanol–water partition coefficient (Wildman–Crippen LogP) is 3.32. The Bertz CT molecular complexity index is 414. The zero-order valence-electron chi connectivity index (χ0n) is 14.3. The third-order valence-electron chi connectivity index (χ3n) is 4.33. The van der Waals surface area contributed by atoms with E-state index in [-0.39, 0.29) is 5.54 Å². The highest BCUT2D eigenvalue weighted by Gasteiger charge is 2.38. The van der Waals surface area contributed by atoms with Gasteiger partial charge in [0.25, 0.3) is 6.02 Å². The fraction of sp³-hybridized carbons (Fsp3) is 0.706. The number of hydrogen-bond donors (Lipinski definition) is 1. The van der Waals surface area contributed by atoms with Crippen LogP contribution in [0.3, 0.4) is 0 Å². The van der Waals surface area contributed by atoms with Gasteiger partial charge in [-0.1, -0.05) is 26.0 Å². The molecule has 0 bridgehead atoms. The quantitative estimate of drug-likeness (QED) is 0.464. The van der Waals surface area contributed by atoms with Crippen molar-refractivity contribution >= 4 is 6.02 Å². The average molecular weight is 293 g/mol. The lowest BCUT2D eigenvalue weighted by atomic mass is 9.92. The molecule has 1 fully saturated rings. The van der Waals surface area contributed by atoms with E-state index in [1.54, 1.807) is 7.05 Å². The Morgan fingerprint density at radius 1 is 1.52 bits per heavy atom. The highest BCUT2D eigenvalue weighted by Crippen LogP contribution is 2.32. The maximum atomic E-state index is 6.00. The number of likely N-dealkylation sites (tertiary alicyclic amines) is 1. The fourth-order valence-corrected chi connectivity index (χ4v) is 3.01. The van der Waals surface area contributed by atoms with Crippen molar-refractivity contribution in [2.75, 3.05) is 27.2 Å². The standard InChI is InChI=1S/C17H31N3O/c1-7-10-17(11-9-12-20(17)6)13-21-16(18-5)19-15(8-2)14(3)4/h8H,3,7,9-13H2,1-2,4-6H3,(H,18,19)/b15-8-. The first kappa shape index (κ1) is 17.8. The predicted molar refractivity (Wildman–Crippen MR) is 90.5 cm³/mol. The van der Waals surface area contributed by atoms with Gasteiger partial charge in [-0.15, -0.1) is 0 Å². The van der Waals surface area contributed by atoms with E-state index in [0.717, 1.165) is 24.2 Å². The lowest BCUT2D eigenvalue weighted by Crippen LogP contribution is -2.46. The smallest absolute Gasteiger partial charge is 0.288 e. The molecule has 1 unspecified atom stereocenters. The number of hydrogen-bond acceptors (Lipinski definition) is 3. The monoisotopic (exact) mass is 293 g/mol. The van der Waals surface area contributed by atoms with Crippen molar-refractivity contribution < 1.29 is 4.74 Å². The van der Waals surface area contributed by atoms with E-state index in [1.807, 2.05) is 19.9 Å². The first-order valence-electron chi connectivity index (χ1n) is 7.89. The van der Waals surface area contributed by atoms with E-state index in [0.29, 0.717) is 12.6 Å². The molecular formula is C17H31N3O. The van der Waals surface area contributed by atoms with Gasteiger partial charge < -0.3 is 10.1 Å². The van der Waals surface area contributed by atoms with Crippen LogP contribution in [0.1, 0.15) is 46.5 Å². The van der Waals surface area contributed by atoms with Crippen molar-refractivity contribution in [1.82, 2.24) is 10.2 Å². The molecule has 0 radical (unpaired) electrons. The van der Waals surface area contributed by atoms with Crippen LogP contribution in [0, 0.1) is 0 Å². The van der Waals surface area contributed by atoms with Gasteiger partial charge >= 0.3 is 0 Å². The number of nitrogens with zero attached hydrogens (tertiary/aromatic N) is 2. The first-order valence-corrected chi connectivity index (χ1v) is 7.89. The summed E-state index contributed by atoms with van der Waals surface area (Å²) in [4.78, 5) is 6.66. The number of ether oxygens (including phenoxy) is 1. The van der Waals surface area contributed by atoms with Gasteiger partial charge in [-0.25, -0.2) is 4.99 Å². The van der Waals surface area contributed by atoms with E-state index in [9.17, 15) is 0 Å². The number of aliphatic imine (C=N–C) groups is 1. The molecule has 1 rings (SSSR count). The summed E-state index contributed by atoms with van der Waals surface area (Å²) in [6, 6.07) is 0.571. The van der Waals surface area contributed by atoms with Crippen molar-refractivity contribution in [2.24, 2.45) is 4.99 Å². The maximum absolute atomic E-state index is 6.00. The molecule has 1 N–H and O–H groups in total. The van der Waals surface area contributed by atoms with Crippen molar-refractivity contribution in [2.45, 2.75) is 52.0 Å². The normalized spacial score (nSPS) is 24.2. The number of likely N-dealkylation sites (N-methyl/N-ethyl adjacent to an activating group) is 1. The van der Waals surface area contributed by atoms with Crippen molar-refractivity contribution in [1.29, 1.82) is 0 Å². The Balaban J connectivity index is 2.68. The zero-order valence-corrected chi connectivity index (χ0v) is 14.3. The van der Waals surface area contributed by atoms with Gasteiger partial charge in [0.2, 0.25) is 0 Å². The topological polar surface area (TPSA) is 36.9 Å². The van der Waals surface area contributed by atoms with Crippen LogP contribution >= 0.6 is 0 Å². The number of rotatable bonds is 6. The molecule has 1 aliphatic heterocycles. The molecule has 0 amide bonds. The molecule has 4 heteroatoms. The second-order valence-corrected chi connectivity index (χ2v) is 5.92. The lowest BCUT2D eigenvalue weighted by molar-refractivity contribution is 0.0794. The Morgan fingerprint density at radius 2 is 2.24 bits per heavy atom. The van der Waals surface area contributed by atoms with Crippen molar-refractivity contribution in [3.05, 3.63) is 23.9 Å². The van der Waals surface area contributed by atoms with E-state index in [1.165, 1.54) is 19.3 Å². The van der Waals surface area contributed by atoms with Crippen LogP contribution in [0.15, 0.2) is 28.9 Å². The molecule has 0 aromatic heterocycles. The van der Waals surface area contributed by atoms with Crippen LogP contribution in [0.4, 0.5) is 0 Å². The Hall–Kier alpha value is -1.29. The third kappa shape index (κ3) is 4.60. The lowest BCUT2D eigenvalue weighted by Gasteiger charge is -2.36. The molecule has 0 aromatic carbocycles. The summed E-state index contributed by atoms with van der Waals surface area (Å²) in [5.74, 6) is 0. The van der Waals surface area contributed by atoms with Crippen molar-refractivity contribution in [3.63, 3.8) is 0 Å². The second kappa shape index (κ2) is 8.23. The SMILES string of the molecule is C=C(C)/C(=C/C)NC(=NC)OCC1(CCC)CCCN1C. The molecule has 0 saturated carbocycles. The minimum absolute atomic E-state index is 0.158. The van der Waals surface area contributed by atoms with E-state index in [2.05, 4.69) is 35.8 Å². The van der Waals surface area contributed by atoms with Gasteiger partial charge in [0.1, 0.15) is 6.61 Å². The summed E-state index contributed by atoms with van der Waals surface area (Å²) in [6.45, 7) is 12.0. The summed E-state index contributed by atoms with van der Waals surface area (Å²) in [7, 11) is 3.95. The Kier molecular flexibility index (Phi) is 6.96. The largest absolute Gasteiger partial charge is 0.463 e. The van der Waals surface area contributed by atoms with Gasteiger partial charge in [-0.3, -0.25) is 4.90 Å². The Labute approximate surface area is 130 Å². The van der Waals surface area contributed by atoms with Gasteiger partial charge in [-0.05, 0) is 52.3 Å². The summed E-state index contributed by atoms with van der Waals surface area (Å²) in [5.41, 5.74) is 2.09. The summed E-state index contributed by atoms with van der Waals surface area (Å²) < 4.78 is 6.00. The van der Waals surface area contributed by atoms with Crippen LogP contribution in [0.25, 0.3) is 0 Å². The number of nitrogens with one attached hydrogen (secondary N) is 1. The first-order chi connectivity index (χ1) is 9.99. The van der Waals surface area contributed by atoms with Gasteiger partial charge in [0.05, 0.1) is 5.54 Å². The van der Waals surface area contributed by atoms with Gasteiger partial charge in [0.15, 0.2) is 0 Å². The molecule has 0 spiro atoms. The molecule has 21 heavy (non-hydrogen) atoms. The second-order valence-electron chi connectivity index (χ2n) is 5.92. The molecule has 1 saturated heterocycles. The fourth-order valence-electron chi connectivity index (χ4n) is 3.01. The van der Waals surface area contributed by atoms with Crippen LogP contribution in [0.5, 0.6) is 0 Å². The highest BCUT2D eigenvalue weighted by molar-refractivity contribution is 5.76. The van der Waals surface area contributed by atoms with E-state index < -0.39 is 0 Å². The minimum Gasteiger partial charge on any atom is -0.463 e. The van der Waals surface area contributed by atoms with Crippen LogP contribution in [-0.2, 0) is 4.74 Å². The average Bonchev–Trinajstić information content (AvgIpc) is 2.81. The molecular weight excluding hydrogens is 262 g/mol. The third-order valence-corrected chi connectivity index (χ3v) is 4.33. The Morgan fingerprint density at radius 3 is 2.67 bits per heavy atom. The molecule has 120 valence electrons. The van der Waals surface area contributed by atoms with Gasteiger partial charge in [-0.2, -0.15) is 0 Å². The van der Waals surface area contributed by atoms with E-state index in [4.69, 9.17) is 4.74 Å². The molecule has 0 aromatic rings. The highest BCUT2D eigenvalue weighted by atomic mass is 16.5. The van der Waals surface area contributed by atoms with Crippen LogP contribution in [-0.4, -0.2) is 43.7 Å². The van der Waals surface area contributed by atoms with Gasteiger partial charge in [0, 0.05) is 12.7 Å². The molecule has 1 heterocycles. The maximum Gasteiger partial charge on any atom is 0.288 e. The molecule has 4 nitrogen and oxygen atoms in total. The molecule has 0 aliphatic carbocycles. The summed E-state index contributed by atoms with van der Waals surface area (Å²) in [5, 5.41) is 3.22. The molecule has 1 atom stereocenters. The minimum atomic E-state index is 0.158. The molecule has 1 aliphatic rings. The van der Waals surface area contributed by atoms with Crippen LogP contribution in [0.2, 0.25) is 0 Å². The van der Waals surface area contributed by atoms with Crippen molar-refractivity contribution in [3.8, 4) is 0 Å². The summed E-state index contributed by atoms with van der Waals surface area (Å²) >= 11 is 0. The summed E-state index contributed by atoms with van der Waals surface area (Å²) in [6.07, 6.45) is 6.77. The number of allylic oxidation sites excluding steroid dienone is 2. The number of amidine groups is 1.